The van der Waals surface area contributed by atoms with Gasteiger partial charge in [0.05, 0.1) is 18.1 Å². The summed E-state index contributed by atoms with van der Waals surface area (Å²) in [6.07, 6.45) is 0. The average molecular weight is 287 g/mol. The van der Waals surface area contributed by atoms with Crippen LogP contribution in [0.1, 0.15) is 10.4 Å². The van der Waals surface area contributed by atoms with Gasteiger partial charge in [-0.25, -0.2) is 0 Å². The molecule has 0 atom stereocenters. The van der Waals surface area contributed by atoms with E-state index in [1.54, 1.807) is 24.3 Å². The molecule has 6 nitrogen and oxygen atoms in total. The first-order valence-corrected chi connectivity index (χ1v) is 6.15. The minimum absolute atomic E-state index is 0.103. The number of Topliss-reactive ketones (excluding diaryl/α,β-unsaturated/α-hetero) is 1. The molecule has 0 saturated carbocycles. The Labute approximate surface area is 121 Å². The Kier molecular flexibility index (Phi) is 4.50. The summed E-state index contributed by atoms with van der Waals surface area (Å²) in [6, 6.07) is 12.7. The van der Waals surface area contributed by atoms with Gasteiger partial charge in [-0.05, 0) is 6.07 Å². The zero-order chi connectivity index (χ0) is 15.2. The van der Waals surface area contributed by atoms with Gasteiger partial charge < -0.3 is 9.47 Å². The third-order valence-corrected chi connectivity index (χ3v) is 2.81. The van der Waals surface area contributed by atoms with Gasteiger partial charge in [-0.3, -0.25) is 14.9 Å². The molecule has 6 heteroatoms. The lowest BCUT2D eigenvalue weighted by Gasteiger charge is -2.09. The second-order valence-corrected chi connectivity index (χ2v) is 4.17. The Morgan fingerprint density at radius 2 is 1.86 bits per heavy atom. The summed E-state index contributed by atoms with van der Waals surface area (Å²) in [5.41, 5.74) is 0.437. The van der Waals surface area contributed by atoms with E-state index in [4.69, 9.17) is 9.47 Å². The van der Waals surface area contributed by atoms with E-state index in [-0.39, 0.29) is 29.6 Å². The lowest BCUT2D eigenvalue weighted by atomic mass is 10.1. The molecule has 108 valence electrons. The number of nitro groups is 1. The summed E-state index contributed by atoms with van der Waals surface area (Å²) in [5, 5.41) is 10.7. The minimum atomic E-state index is -0.526. The molecule has 0 radical (unpaired) electrons. The van der Waals surface area contributed by atoms with Crippen LogP contribution in [0.15, 0.2) is 48.5 Å². The summed E-state index contributed by atoms with van der Waals surface area (Å²) in [6.45, 7) is -0.168. The van der Waals surface area contributed by atoms with Crippen molar-refractivity contribution in [3.8, 4) is 11.5 Å². The highest BCUT2D eigenvalue weighted by molar-refractivity contribution is 5.97. The first-order valence-electron chi connectivity index (χ1n) is 6.15. The normalized spacial score (nSPS) is 9.95. The maximum absolute atomic E-state index is 11.9. The van der Waals surface area contributed by atoms with Gasteiger partial charge >= 0.3 is 0 Å². The van der Waals surface area contributed by atoms with E-state index in [0.717, 1.165) is 0 Å². The molecule has 0 unspecified atom stereocenters. The lowest BCUT2D eigenvalue weighted by molar-refractivity contribution is -0.384. The van der Waals surface area contributed by atoms with Crippen LogP contribution in [0, 0.1) is 10.1 Å². The van der Waals surface area contributed by atoms with Gasteiger partial charge in [0.15, 0.2) is 23.9 Å². The number of hydrogen-bond donors (Lipinski definition) is 0. The van der Waals surface area contributed by atoms with Gasteiger partial charge in [0.1, 0.15) is 0 Å². The zero-order valence-corrected chi connectivity index (χ0v) is 11.3. The Morgan fingerprint density at radius 1 is 1.14 bits per heavy atom. The van der Waals surface area contributed by atoms with Crippen LogP contribution in [-0.2, 0) is 0 Å². The highest BCUT2D eigenvalue weighted by Gasteiger charge is 2.14. The van der Waals surface area contributed by atoms with E-state index >= 15 is 0 Å². The molecule has 0 bridgehead atoms. The van der Waals surface area contributed by atoms with E-state index in [2.05, 4.69) is 0 Å². The van der Waals surface area contributed by atoms with Crippen LogP contribution in [-0.4, -0.2) is 24.4 Å². The van der Waals surface area contributed by atoms with Crippen molar-refractivity contribution in [2.75, 3.05) is 13.7 Å². The number of ether oxygens (including phenoxy) is 2. The number of nitrogens with zero attached hydrogens (tertiary/aromatic N) is 1. The first-order chi connectivity index (χ1) is 10.1. The van der Waals surface area contributed by atoms with Gasteiger partial charge in [0.2, 0.25) is 0 Å². The smallest absolute Gasteiger partial charge is 0.273 e. The molecule has 0 aliphatic heterocycles. The molecule has 0 N–H and O–H groups in total. The molecule has 2 rings (SSSR count). The number of methoxy groups -OCH3 is 1. The largest absolute Gasteiger partial charge is 0.493 e. The number of nitro benzene ring substituents is 1. The fraction of sp³-hybridized carbons (Fsp3) is 0.133. The highest BCUT2D eigenvalue weighted by atomic mass is 16.6. The second kappa shape index (κ2) is 6.51. The molecule has 0 spiro atoms. The van der Waals surface area contributed by atoms with Crippen molar-refractivity contribution < 1.29 is 19.2 Å². The van der Waals surface area contributed by atoms with Gasteiger partial charge in [0, 0.05) is 11.6 Å². The molecule has 0 aliphatic rings. The Bertz CT molecular complexity index is 654. The van der Waals surface area contributed by atoms with Crippen molar-refractivity contribution in [3.63, 3.8) is 0 Å². The monoisotopic (exact) mass is 287 g/mol. The standard InChI is InChI=1S/C15H13NO5/c1-20-15-9-12(16(18)19)7-8-14(15)21-10-13(17)11-5-3-2-4-6-11/h2-9H,10H2,1H3. The number of carbonyl (C=O) groups is 1. The number of non-ortho nitro benzene ring substituents is 1. The number of carbonyl (C=O) groups excluding carboxylic acids is 1. The van der Waals surface area contributed by atoms with Crippen molar-refractivity contribution in [2.24, 2.45) is 0 Å². The molecular formula is C15H13NO5. The third-order valence-electron chi connectivity index (χ3n) is 2.81. The SMILES string of the molecule is COc1cc([N+](=O)[O-])ccc1OCC(=O)c1ccccc1. The topological polar surface area (TPSA) is 78.7 Å². The summed E-state index contributed by atoms with van der Waals surface area (Å²) >= 11 is 0. The number of ketones is 1. The molecule has 2 aromatic rings. The third kappa shape index (κ3) is 3.56. The molecule has 0 saturated heterocycles. The molecule has 2 aromatic carbocycles. The molecule has 21 heavy (non-hydrogen) atoms. The van der Waals surface area contributed by atoms with Crippen LogP contribution in [0.4, 0.5) is 5.69 Å². The Balaban J connectivity index is 2.10. The van der Waals surface area contributed by atoms with E-state index < -0.39 is 4.92 Å². The number of hydrogen-bond acceptors (Lipinski definition) is 5. The van der Waals surface area contributed by atoms with Crippen LogP contribution in [0.3, 0.4) is 0 Å². The molecule has 0 fully saturated rings. The summed E-state index contributed by atoms with van der Waals surface area (Å²) in [5.74, 6) is 0.313. The molecule has 0 aliphatic carbocycles. The fourth-order valence-corrected chi connectivity index (χ4v) is 1.74. The molecule has 0 amide bonds. The Morgan fingerprint density at radius 3 is 2.48 bits per heavy atom. The predicted molar refractivity (Wildman–Crippen MR) is 75.9 cm³/mol. The van der Waals surface area contributed by atoms with E-state index in [9.17, 15) is 14.9 Å². The summed E-state index contributed by atoms with van der Waals surface area (Å²) in [4.78, 5) is 22.1. The average Bonchev–Trinajstić information content (AvgIpc) is 2.53. The summed E-state index contributed by atoms with van der Waals surface area (Å²) < 4.78 is 10.4. The maximum atomic E-state index is 11.9. The number of benzene rings is 2. The molecule has 0 aromatic heterocycles. The first kappa shape index (κ1) is 14.5. The van der Waals surface area contributed by atoms with Crippen molar-refractivity contribution >= 4 is 11.5 Å². The second-order valence-electron chi connectivity index (χ2n) is 4.17. The molecular weight excluding hydrogens is 274 g/mol. The van der Waals surface area contributed by atoms with Crippen molar-refractivity contribution in [2.45, 2.75) is 0 Å². The minimum Gasteiger partial charge on any atom is -0.493 e. The Hall–Kier alpha value is -2.89. The van der Waals surface area contributed by atoms with E-state index in [0.29, 0.717) is 5.56 Å². The van der Waals surface area contributed by atoms with Crippen molar-refractivity contribution in [1.29, 1.82) is 0 Å². The van der Waals surface area contributed by atoms with Crippen LogP contribution >= 0.6 is 0 Å². The van der Waals surface area contributed by atoms with E-state index in [1.807, 2.05) is 6.07 Å². The number of rotatable bonds is 6. The maximum Gasteiger partial charge on any atom is 0.273 e. The van der Waals surface area contributed by atoms with Crippen LogP contribution < -0.4 is 9.47 Å². The zero-order valence-electron chi connectivity index (χ0n) is 11.3. The lowest BCUT2D eigenvalue weighted by Crippen LogP contribution is -2.11. The highest BCUT2D eigenvalue weighted by Crippen LogP contribution is 2.31. The van der Waals surface area contributed by atoms with Gasteiger partial charge in [-0.2, -0.15) is 0 Å². The van der Waals surface area contributed by atoms with Crippen molar-refractivity contribution in [1.82, 2.24) is 0 Å². The van der Waals surface area contributed by atoms with Gasteiger partial charge in [-0.1, -0.05) is 30.3 Å². The predicted octanol–water partition coefficient (Wildman–Crippen LogP) is 2.87. The van der Waals surface area contributed by atoms with Gasteiger partial charge in [-0.15, -0.1) is 0 Å². The van der Waals surface area contributed by atoms with Crippen LogP contribution in [0.5, 0.6) is 11.5 Å². The van der Waals surface area contributed by atoms with Crippen molar-refractivity contribution in [3.05, 3.63) is 64.2 Å². The van der Waals surface area contributed by atoms with Crippen LogP contribution in [0.2, 0.25) is 0 Å². The summed E-state index contributed by atoms with van der Waals surface area (Å²) in [7, 11) is 1.38. The molecule has 0 heterocycles. The van der Waals surface area contributed by atoms with Gasteiger partial charge in [0.25, 0.3) is 5.69 Å². The fourth-order valence-electron chi connectivity index (χ4n) is 1.74. The quantitative estimate of drug-likeness (QED) is 0.463. The van der Waals surface area contributed by atoms with E-state index in [1.165, 1.54) is 25.3 Å². The van der Waals surface area contributed by atoms with Crippen LogP contribution in [0.25, 0.3) is 0 Å².